The number of carbonyl (C=O) groups is 1. The van der Waals surface area contributed by atoms with Crippen LogP contribution in [0.2, 0.25) is 5.02 Å². The van der Waals surface area contributed by atoms with Gasteiger partial charge < -0.3 is 15.4 Å². The Kier molecular flexibility index (Phi) is 5.11. The molecule has 0 saturated heterocycles. The molecule has 0 atom stereocenters. The van der Waals surface area contributed by atoms with Crippen LogP contribution < -0.4 is 10.5 Å². The van der Waals surface area contributed by atoms with Crippen LogP contribution >= 0.6 is 11.6 Å². The lowest BCUT2D eigenvalue weighted by Crippen LogP contribution is -2.17. The minimum absolute atomic E-state index is 0.105. The Morgan fingerprint density at radius 1 is 1.47 bits per heavy atom. The third kappa shape index (κ3) is 4.40. The standard InChI is InChI=1S/C12H13ClF2N2O2/c1-17(2)6-9(16)11(18)8-5-7(13)3-4-10(8)19-12(14)15/h3-6,12H,16H2,1-2H3/b9-6-. The average Bonchev–Trinajstić information content (AvgIpc) is 2.29. The molecule has 0 saturated carbocycles. The Bertz CT molecular complexity index is 505. The van der Waals surface area contributed by atoms with Crippen molar-refractivity contribution in [3.63, 3.8) is 0 Å². The second-order valence-electron chi connectivity index (χ2n) is 3.90. The zero-order valence-corrected chi connectivity index (χ0v) is 11.1. The fraction of sp³-hybridized carbons (Fsp3) is 0.250. The van der Waals surface area contributed by atoms with E-state index in [9.17, 15) is 13.6 Å². The molecule has 1 aromatic rings. The molecule has 0 radical (unpaired) electrons. The smallest absolute Gasteiger partial charge is 0.387 e. The summed E-state index contributed by atoms with van der Waals surface area (Å²) in [6.07, 6.45) is 1.37. The molecule has 0 aliphatic carbocycles. The summed E-state index contributed by atoms with van der Waals surface area (Å²) in [7, 11) is 3.35. The number of nitrogens with two attached hydrogens (primary N) is 1. The number of Topliss-reactive ketones (excluding diaryl/α,β-unsaturated/α-hetero) is 1. The molecule has 0 bridgehead atoms. The largest absolute Gasteiger partial charge is 0.434 e. The second kappa shape index (κ2) is 6.38. The molecule has 4 nitrogen and oxygen atoms in total. The number of halogens is 3. The van der Waals surface area contributed by atoms with E-state index < -0.39 is 12.4 Å². The van der Waals surface area contributed by atoms with Gasteiger partial charge in [-0.05, 0) is 18.2 Å². The number of rotatable bonds is 5. The maximum atomic E-state index is 12.3. The zero-order valence-electron chi connectivity index (χ0n) is 10.4. The number of benzene rings is 1. The van der Waals surface area contributed by atoms with Gasteiger partial charge in [0, 0.05) is 25.3 Å². The molecule has 0 amide bonds. The lowest BCUT2D eigenvalue weighted by molar-refractivity contribution is -0.0501. The van der Waals surface area contributed by atoms with Crippen molar-refractivity contribution in [1.29, 1.82) is 0 Å². The third-order valence-corrected chi connectivity index (χ3v) is 2.30. The summed E-state index contributed by atoms with van der Waals surface area (Å²) in [6.45, 7) is -3.04. The number of ketones is 1. The van der Waals surface area contributed by atoms with Crippen molar-refractivity contribution in [1.82, 2.24) is 4.90 Å². The van der Waals surface area contributed by atoms with Crippen molar-refractivity contribution in [2.75, 3.05) is 14.1 Å². The van der Waals surface area contributed by atoms with E-state index in [1.807, 2.05) is 0 Å². The number of carbonyl (C=O) groups excluding carboxylic acids is 1. The van der Waals surface area contributed by atoms with Crippen molar-refractivity contribution in [3.8, 4) is 5.75 Å². The number of hydrogen-bond acceptors (Lipinski definition) is 4. The Labute approximate surface area is 114 Å². The maximum absolute atomic E-state index is 12.3. The van der Waals surface area contributed by atoms with E-state index in [2.05, 4.69) is 4.74 Å². The highest BCUT2D eigenvalue weighted by molar-refractivity contribution is 6.31. The summed E-state index contributed by atoms with van der Waals surface area (Å²) in [5, 5.41) is 0.225. The van der Waals surface area contributed by atoms with Gasteiger partial charge in [-0.1, -0.05) is 11.6 Å². The Balaban J connectivity index is 3.17. The van der Waals surface area contributed by atoms with Crippen molar-refractivity contribution in [2.45, 2.75) is 6.61 Å². The van der Waals surface area contributed by atoms with Gasteiger partial charge in [0.15, 0.2) is 0 Å². The third-order valence-electron chi connectivity index (χ3n) is 2.06. The van der Waals surface area contributed by atoms with Gasteiger partial charge in [0.2, 0.25) is 5.78 Å². The quantitative estimate of drug-likeness (QED) is 0.669. The molecule has 1 aromatic carbocycles. The topological polar surface area (TPSA) is 55.6 Å². The average molecular weight is 291 g/mol. The Morgan fingerprint density at radius 3 is 2.63 bits per heavy atom. The predicted molar refractivity (Wildman–Crippen MR) is 68.4 cm³/mol. The van der Waals surface area contributed by atoms with Crippen LogP contribution in [0.15, 0.2) is 30.1 Å². The lowest BCUT2D eigenvalue weighted by atomic mass is 10.1. The van der Waals surface area contributed by atoms with Gasteiger partial charge in [0.1, 0.15) is 5.75 Å². The molecular weight excluding hydrogens is 278 g/mol. The van der Waals surface area contributed by atoms with E-state index in [-0.39, 0.29) is 22.0 Å². The van der Waals surface area contributed by atoms with E-state index in [0.717, 1.165) is 0 Å². The summed E-state index contributed by atoms with van der Waals surface area (Å²) >= 11 is 5.74. The van der Waals surface area contributed by atoms with Gasteiger partial charge >= 0.3 is 6.61 Å². The fourth-order valence-corrected chi connectivity index (χ4v) is 1.54. The first kappa shape index (κ1) is 15.2. The number of allylic oxidation sites excluding steroid dienone is 1. The highest BCUT2D eigenvalue weighted by Gasteiger charge is 2.18. The fourth-order valence-electron chi connectivity index (χ4n) is 1.37. The van der Waals surface area contributed by atoms with Crippen LogP contribution in [0.3, 0.4) is 0 Å². The zero-order chi connectivity index (χ0) is 14.6. The minimum Gasteiger partial charge on any atom is -0.434 e. The molecule has 2 N–H and O–H groups in total. The summed E-state index contributed by atoms with van der Waals surface area (Å²) in [6, 6.07) is 3.78. The van der Waals surface area contributed by atoms with Gasteiger partial charge in [-0.15, -0.1) is 0 Å². The van der Waals surface area contributed by atoms with Crippen molar-refractivity contribution in [2.24, 2.45) is 5.73 Å². The minimum atomic E-state index is -3.04. The normalized spacial score (nSPS) is 11.6. The van der Waals surface area contributed by atoms with E-state index in [0.29, 0.717) is 0 Å². The molecule has 0 aliphatic heterocycles. The van der Waals surface area contributed by atoms with Gasteiger partial charge in [0.05, 0.1) is 11.3 Å². The van der Waals surface area contributed by atoms with E-state index in [1.54, 1.807) is 19.0 Å². The number of hydrogen-bond donors (Lipinski definition) is 1. The molecule has 0 fully saturated rings. The van der Waals surface area contributed by atoms with Crippen molar-refractivity contribution in [3.05, 3.63) is 40.7 Å². The van der Waals surface area contributed by atoms with Crippen molar-refractivity contribution >= 4 is 17.4 Å². The molecular formula is C12H13ClF2N2O2. The summed E-state index contributed by atoms with van der Waals surface area (Å²) in [5.41, 5.74) is 5.37. The van der Waals surface area contributed by atoms with Crippen LogP contribution in [0.4, 0.5) is 8.78 Å². The van der Waals surface area contributed by atoms with Gasteiger partial charge in [-0.25, -0.2) is 0 Å². The van der Waals surface area contributed by atoms with Gasteiger partial charge in [-0.2, -0.15) is 8.78 Å². The van der Waals surface area contributed by atoms with Gasteiger partial charge in [0.25, 0.3) is 0 Å². The van der Waals surface area contributed by atoms with Gasteiger partial charge in [-0.3, -0.25) is 4.79 Å². The molecule has 0 heterocycles. The van der Waals surface area contributed by atoms with E-state index >= 15 is 0 Å². The highest BCUT2D eigenvalue weighted by atomic mass is 35.5. The molecule has 0 aromatic heterocycles. The summed E-state index contributed by atoms with van der Waals surface area (Å²) in [4.78, 5) is 13.6. The van der Waals surface area contributed by atoms with Crippen LogP contribution in [-0.4, -0.2) is 31.4 Å². The molecule has 104 valence electrons. The monoisotopic (exact) mass is 290 g/mol. The van der Waals surface area contributed by atoms with Crippen LogP contribution in [0.25, 0.3) is 0 Å². The number of ether oxygens (including phenoxy) is 1. The highest BCUT2D eigenvalue weighted by Crippen LogP contribution is 2.26. The lowest BCUT2D eigenvalue weighted by Gasteiger charge is -2.12. The summed E-state index contributed by atoms with van der Waals surface area (Å²) < 4.78 is 28.8. The summed E-state index contributed by atoms with van der Waals surface area (Å²) in [5.74, 6) is -0.897. The SMILES string of the molecule is CN(C)/C=C(\N)C(=O)c1cc(Cl)ccc1OC(F)F. The van der Waals surface area contributed by atoms with Crippen LogP contribution in [0.5, 0.6) is 5.75 Å². The number of nitrogens with zero attached hydrogens (tertiary/aromatic N) is 1. The molecule has 19 heavy (non-hydrogen) atoms. The molecule has 7 heteroatoms. The van der Waals surface area contributed by atoms with E-state index in [1.165, 1.54) is 24.4 Å². The Morgan fingerprint density at radius 2 is 2.11 bits per heavy atom. The molecule has 0 aliphatic rings. The molecule has 0 unspecified atom stereocenters. The predicted octanol–water partition coefficient (Wildman–Crippen LogP) is 2.49. The van der Waals surface area contributed by atoms with Crippen LogP contribution in [0, 0.1) is 0 Å². The molecule has 1 rings (SSSR count). The maximum Gasteiger partial charge on any atom is 0.387 e. The van der Waals surface area contributed by atoms with Crippen LogP contribution in [-0.2, 0) is 0 Å². The second-order valence-corrected chi connectivity index (χ2v) is 4.33. The van der Waals surface area contributed by atoms with E-state index in [4.69, 9.17) is 17.3 Å². The van der Waals surface area contributed by atoms with Crippen LogP contribution in [0.1, 0.15) is 10.4 Å². The van der Waals surface area contributed by atoms with Crippen molar-refractivity contribution < 1.29 is 18.3 Å². The molecule has 0 spiro atoms. The first-order chi connectivity index (χ1) is 8.81. The Hall–Kier alpha value is -1.82. The number of alkyl halides is 2. The first-order valence-electron chi connectivity index (χ1n) is 5.24. The first-order valence-corrected chi connectivity index (χ1v) is 5.62.